The summed E-state index contributed by atoms with van der Waals surface area (Å²) in [7, 11) is 0. The highest BCUT2D eigenvalue weighted by atomic mass is 16.4. The van der Waals surface area contributed by atoms with Crippen LogP contribution in [-0.2, 0) is 9.59 Å². The van der Waals surface area contributed by atoms with Crippen LogP contribution in [0.5, 0.6) is 0 Å². The molecule has 2 N–H and O–H groups in total. The molecule has 110 valence electrons. The molecule has 0 aliphatic rings. The van der Waals surface area contributed by atoms with E-state index in [0.717, 1.165) is 24.8 Å². The summed E-state index contributed by atoms with van der Waals surface area (Å²) in [4.78, 5) is 22.5. The molecule has 1 amide bonds. The van der Waals surface area contributed by atoms with Crippen LogP contribution in [0.15, 0.2) is 30.3 Å². The molecule has 20 heavy (non-hydrogen) atoms. The van der Waals surface area contributed by atoms with Gasteiger partial charge in [0, 0.05) is 13.0 Å². The molecule has 0 bridgehead atoms. The number of carboxylic acid groups (broad SMARTS) is 1. The number of hydrogen-bond donors (Lipinski definition) is 2. The van der Waals surface area contributed by atoms with Gasteiger partial charge < -0.3 is 10.4 Å². The molecular formula is C16H23NO3. The number of carbonyl (C=O) groups is 2. The quantitative estimate of drug-likeness (QED) is 0.682. The first-order chi connectivity index (χ1) is 9.65. The molecule has 0 saturated heterocycles. The number of nitrogens with one attached hydrogen (secondary N) is 1. The van der Waals surface area contributed by atoms with Crippen molar-refractivity contribution >= 4 is 11.9 Å². The van der Waals surface area contributed by atoms with E-state index in [2.05, 4.69) is 5.32 Å². The summed E-state index contributed by atoms with van der Waals surface area (Å²) in [5.41, 5.74) is 1.04. The van der Waals surface area contributed by atoms with Crippen molar-refractivity contribution in [2.75, 3.05) is 6.54 Å². The largest absolute Gasteiger partial charge is 0.481 e. The van der Waals surface area contributed by atoms with Gasteiger partial charge in [-0.3, -0.25) is 9.59 Å². The maximum Gasteiger partial charge on any atom is 0.303 e. The van der Waals surface area contributed by atoms with Crippen molar-refractivity contribution in [3.05, 3.63) is 35.9 Å². The number of amides is 1. The number of carboxylic acids is 1. The van der Waals surface area contributed by atoms with E-state index in [9.17, 15) is 9.59 Å². The minimum absolute atomic E-state index is 0.0527. The van der Waals surface area contributed by atoms with Crippen molar-refractivity contribution in [3.8, 4) is 0 Å². The predicted octanol–water partition coefficient (Wildman–Crippen LogP) is 2.94. The van der Waals surface area contributed by atoms with E-state index in [1.165, 1.54) is 0 Å². The summed E-state index contributed by atoms with van der Waals surface area (Å²) < 4.78 is 0. The van der Waals surface area contributed by atoms with E-state index in [0.29, 0.717) is 13.0 Å². The molecule has 0 spiro atoms. The van der Waals surface area contributed by atoms with Gasteiger partial charge in [0.1, 0.15) is 0 Å². The molecule has 4 heteroatoms. The SMILES string of the molecule is CCC(C(=O)NCCCCCC(=O)O)c1ccccc1. The second-order valence-electron chi connectivity index (χ2n) is 4.87. The van der Waals surface area contributed by atoms with Crippen LogP contribution in [0.2, 0.25) is 0 Å². The maximum absolute atomic E-state index is 12.1. The zero-order chi connectivity index (χ0) is 14.8. The Labute approximate surface area is 120 Å². The molecule has 1 aromatic carbocycles. The van der Waals surface area contributed by atoms with Gasteiger partial charge >= 0.3 is 5.97 Å². The predicted molar refractivity (Wildman–Crippen MR) is 78.6 cm³/mol. The normalized spacial score (nSPS) is 11.8. The van der Waals surface area contributed by atoms with Gasteiger partial charge in [-0.15, -0.1) is 0 Å². The van der Waals surface area contributed by atoms with Gasteiger partial charge in [0.15, 0.2) is 0 Å². The molecule has 1 rings (SSSR count). The summed E-state index contributed by atoms with van der Waals surface area (Å²) in [5.74, 6) is -0.809. The van der Waals surface area contributed by atoms with Crippen LogP contribution in [0.1, 0.15) is 50.5 Å². The van der Waals surface area contributed by atoms with Crippen LogP contribution in [0.3, 0.4) is 0 Å². The van der Waals surface area contributed by atoms with E-state index < -0.39 is 5.97 Å². The fraction of sp³-hybridized carbons (Fsp3) is 0.500. The standard InChI is InChI=1S/C16H23NO3/c1-2-14(13-9-5-3-6-10-13)16(20)17-12-8-4-7-11-15(18)19/h3,5-6,9-10,14H,2,4,7-8,11-12H2,1H3,(H,17,20)(H,18,19). The van der Waals surface area contributed by atoms with Gasteiger partial charge in [0.05, 0.1) is 5.92 Å². The first-order valence-electron chi connectivity index (χ1n) is 7.19. The lowest BCUT2D eigenvalue weighted by molar-refractivity contribution is -0.137. The number of aliphatic carboxylic acids is 1. The molecule has 0 heterocycles. The smallest absolute Gasteiger partial charge is 0.303 e. The molecule has 0 aliphatic heterocycles. The van der Waals surface area contributed by atoms with Crippen LogP contribution >= 0.6 is 0 Å². The van der Waals surface area contributed by atoms with Gasteiger partial charge in [-0.05, 0) is 24.8 Å². The highest BCUT2D eigenvalue weighted by Crippen LogP contribution is 2.19. The van der Waals surface area contributed by atoms with E-state index in [1.54, 1.807) is 0 Å². The first-order valence-corrected chi connectivity index (χ1v) is 7.19. The summed E-state index contributed by atoms with van der Waals surface area (Å²) in [6.07, 6.45) is 3.30. The van der Waals surface area contributed by atoms with Crippen LogP contribution < -0.4 is 5.32 Å². The molecular weight excluding hydrogens is 254 g/mol. The Bertz CT molecular complexity index is 417. The van der Waals surface area contributed by atoms with Crippen molar-refractivity contribution < 1.29 is 14.7 Å². The lowest BCUT2D eigenvalue weighted by Crippen LogP contribution is -2.30. The Morgan fingerprint density at radius 1 is 1.15 bits per heavy atom. The van der Waals surface area contributed by atoms with E-state index in [-0.39, 0.29) is 18.2 Å². The minimum Gasteiger partial charge on any atom is -0.481 e. The highest BCUT2D eigenvalue weighted by molar-refractivity contribution is 5.83. The maximum atomic E-state index is 12.1. The number of hydrogen-bond acceptors (Lipinski definition) is 2. The fourth-order valence-corrected chi connectivity index (χ4v) is 2.17. The Kier molecular flexibility index (Phi) is 7.40. The molecule has 1 atom stereocenters. The Morgan fingerprint density at radius 3 is 2.45 bits per heavy atom. The van der Waals surface area contributed by atoms with Gasteiger partial charge in [-0.1, -0.05) is 43.7 Å². The zero-order valence-electron chi connectivity index (χ0n) is 12.0. The number of carbonyl (C=O) groups excluding carboxylic acids is 1. The molecule has 0 fully saturated rings. The molecule has 0 radical (unpaired) electrons. The van der Waals surface area contributed by atoms with Gasteiger partial charge in [-0.2, -0.15) is 0 Å². The van der Waals surface area contributed by atoms with Gasteiger partial charge in [0.2, 0.25) is 5.91 Å². The van der Waals surface area contributed by atoms with Crippen molar-refractivity contribution in [3.63, 3.8) is 0 Å². The Balaban J connectivity index is 2.29. The third-order valence-electron chi connectivity index (χ3n) is 3.29. The summed E-state index contributed by atoms with van der Waals surface area (Å²) >= 11 is 0. The zero-order valence-corrected chi connectivity index (χ0v) is 12.0. The van der Waals surface area contributed by atoms with Gasteiger partial charge in [-0.25, -0.2) is 0 Å². The molecule has 0 aromatic heterocycles. The number of benzene rings is 1. The van der Waals surface area contributed by atoms with E-state index in [1.807, 2.05) is 37.3 Å². The Morgan fingerprint density at radius 2 is 1.85 bits per heavy atom. The molecule has 4 nitrogen and oxygen atoms in total. The lowest BCUT2D eigenvalue weighted by atomic mass is 9.95. The van der Waals surface area contributed by atoms with Crippen molar-refractivity contribution in [2.24, 2.45) is 0 Å². The first kappa shape index (κ1) is 16.2. The molecule has 1 aromatic rings. The van der Waals surface area contributed by atoms with Crippen LogP contribution in [0.25, 0.3) is 0 Å². The topological polar surface area (TPSA) is 66.4 Å². The molecule has 0 saturated carbocycles. The average molecular weight is 277 g/mol. The average Bonchev–Trinajstić information content (AvgIpc) is 2.44. The summed E-state index contributed by atoms with van der Waals surface area (Å²) in [6, 6.07) is 9.77. The van der Waals surface area contributed by atoms with E-state index in [4.69, 9.17) is 5.11 Å². The van der Waals surface area contributed by atoms with Gasteiger partial charge in [0.25, 0.3) is 0 Å². The number of unbranched alkanes of at least 4 members (excludes halogenated alkanes) is 2. The van der Waals surface area contributed by atoms with Crippen molar-refractivity contribution in [2.45, 2.75) is 44.9 Å². The Hall–Kier alpha value is -1.84. The summed E-state index contributed by atoms with van der Waals surface area (Å²) in [5, 5.41) is 11.5. The second-order valence-corrected chi connectivity index (χ2v) is 4.87. The van der Waals surface area contributed by atoms with Crippen molar-refractivity contribution in [1.82, 2.24) is 5.32 Å². The van der Waals surface area contributed by atoms with Crippen molar-refractivity contribution in [1.29, 1.82) is 0 Å². The fourth-order valence-electron chi connectivity index (χ4n) is 2.17. The highest BCUT2D eigenvalue weighted by Gasteiger charge is 2.17. The lowest BCUT2D eigenvalue weighted by Gasteiger charge is -2.15. The third-order valence-corrected chi connectivity index (χ3v) is 3.29. The molecule has 1 unspecified atom stereocenters. The molecule has 0 aliphatic carbocycles. The van der Waals surface area contributed by atoms with Crippen LogP contribution in [0, 0.1) is 0 Å². The minimum atomic E-state index is -0.760. The third kappa shape index (κ3) is 5.87. The van der Waals surface area contributed by atoms with Crippen LogP contribution in [-0.4, -0.2) is 23.5 Å². The van der Waals surface area contributed by atoms with Crippen LogP contribution in [0.4, 0.5) is 0 Å². The monoisotopic (exact) mass is 277 g/mol. The number of rotatable bonds is 9. The summed E-state index contributed by atoms with van der Waals surface area (Å²) in [6.45, 7) is 2.62. The van der Waals surface area contributed by atoms with E-state index >= 15 is 0 Å². The second kappa shape index (κ2) is 9.13.